The standard InChI is InChI=1S/C17H22N2O4.C15H20N2O3/c1-13(23-14(2)20)8-6-7-11-18-12-16(21)19(17(18)22)15-9-4-3-5-10-15;1-12(18)7-5-6-10-16-11-14(19)17(15(16)20)13-8-3-2-4-9-13/h3-5,9-10,13H,6-8,11-12H2,1-2H3;2-4,8-9,12,18H,5-7,10-11H2,1H3/t13-;12-/m11/s1. The van der Waals surface area contributed by atoms with Gasteiger partial charge in [0.2, 0.25) is 0 Å². The lowest BCUT2D eigenvalue weighted by Gasteiger charge is -2.17. The molecule has 0 bridgehead atoms. The van der Waals surface area contributed by atoms with Gasteiger partial charge in [0.05, 0.1) is 23.6 Å². The van der Waals surface area contributed by atoms with Crippen molar-refractivity contribution in [1.29, 1.82) is 0 Å². The average molecular weight is 595 g/mol. The van der Waals surface area contributed by atoms with E-state index in [0.29, 0.717) is 24.5 Å². The summed E-state index contributed by atoms with van der Waals surface area (Å²) < 4.78 is 5.05. The third kappa shape index (κ3) is 9.92. The first-order valence-electron chi connectivity index (χ1n) is 14.8. The van der Waals surface area contributed by atoms with E-state index in [1.807, 2.05) is 19.1 Å². The zero-order valence-electron chi connectivity index (χ0n) is 25.2. The molecular weight excluding hydrogens is 552 g/mol. The molecule has 4 rings (SSSR count). The quantitative estimate of drug-likeness (QED) is 0.204. The highest BCUT2D eigenvalue weighted by Crippen LogP contribution is 2.22. The van der Waals surface area contributed by atoms with E-state index in [-0.39, 0.29) is 55.1 Å². The molecule has 2 aliphatic heterocycles. The summed E-state index contributed by atoms with van der Waals surface area (Å²) in [4.78, 5) is 65.0. The average Bonchev–Trinajstić information content (AvgIpc) is 3.42. The van der Waals surface area contributed by atoms with Crippen molar-refractivity contribution >= 4 is 41.2 Å². The fourth-order valence-electron chi connectivity index (χ4n) is 4.93. The minimum atomic E-state index is -0.313. The van der Waals surface area contributed by atoms with E-state index in [0.717, 1.165) is 38.5 Å². The molecule has 2 aromatic carbocycles. The van der Waals surface area contributed by atoms with Crippen LogP contribution in [0.5, 0.6) is 0 Å². The van der Waals surface area contributed by atoms with Gasteiger partial charge in [-0.2, -0.15) is 0 Å². The molecule has 0 saturated carbocycles. The van der Waals surface area contributed by atoms with Gasteiger partial charge in [-0.1, -0.05) is 36.4 Å². The van der Waals surface area contributed by atoms with Crippen LogP contribution in [0.4, 0.5) is 21.0 Å². The Hall–Kier alpha value is -4.25. The summed E-state index contributed by atoms with van der Waals surface area (Å²) >= 11 is 0. The molecule has 2 aromatic rings. The Kier molecular flexibility index (Phi) is 12.7. The molecule has 2 saturated heterocycles. The highest BCUT2D eigenvalue weighted by molar-refractivity contribution is 6.20. The van der Waals surface area contributed by atoms with E-state index in [1.54, 1.807) is 65.3 Å². The number of ether oxygens (including phenoxy) is 1. The van der Waals surface area contributed by atoms with Crippen molar-refractivity contribution in [2.45, 2.75) is 71.5 Å². The predicted octanol–water partition coefficient (Wildman–Crippen LogP) is 4.58. The second-order valence-corrected chi connectivity index (χ2v) is 10.8. The molecule has 2 atom stereocenters. The molecule has 0 radical (unpaired) electrons. The molecule has 0 aromatic heterocycles. The summed E-state index contributed by atoms with van der Waals surface area (Å²) in [5.41, 5.74) is 1.22. The lowest BCUT2D eigenvalue weighted by molar-refractivity contribution is -0.145. The van der Waals surface area contributed by atoms with Gasteiger partial charge >= 0.3 is 18.0 Å². The monoisotopic (exact) mass is 594 g/mol. The van der Waals surface area contributed by atoms with Crippen LogP contribution in [0.2, 0.25) is 0 Å². The highest BCUT2D eigenvalue weighted by Gasteiger charge is 2.37. The number of aliphatic hydroxyl groups excluding tert-OH is 1. The van der Waals surface area contributed by atoms with Crippen LogP contribution in [-0.2, 0) is 19.1 Å². The molecule has 11 nitrogen and oxygen atoms in total. The van der Waals surface area contributed by atoms with Gasteiger partial charge in [-0.05, 0) is 76.6 Å². The summed E-state index contributed by atoms with van der Waals surface area (Å²) in [6.45, 7) is 6.34. The smallest absolute Gasteiger partial charge is 0.331 e. The zero-order valence-corrected chi connectivity index (χ0v) is 25.2. The van der Waals surface area contributed by atoms with Crippen LogP contribution in [0.15, 0.2) is 60.7 Å². The van der Waals surface area contributed by atoms with Gasteiger partial charge < -0.3 is 19.6 Å². The number of urea groups is 2. The van der Waals surface area contributed by atoms with E-state index < -0.39 is 0 Å². The fourth-order valence-corrected chi connectivity index (χ4v) is 4.93. The Morgan fingerprint density at radius 3 is 1.53 bits per heavy atom. The van der Waals surface area contributed by atoms with Crippen molar-refractivity contribution in [2.75, 3.05) is 36.0 Å². The number of hydrogen-bond acceptors (Lipinski definition) is 7. The number of carbonyl (C=O) groups excluding carboxylic acids is 5. The molecule has 6 amide bonds. The number of hydrogen-bond donors (Lipinski definition) is 1. The first kappa shape index (κ1) is 33.3. The van der Waals surface area contributed by atoms with Gasteiger partial charge in [-0.15, -0.1) is 0 Å². The largest absolute Gasteiger partial charge is 0.463 e. The van der Waals surface area contributed by atoms with Crippen molar-refractivity contribution in [3.8, 4) is 0 Å². The lowest BCUT2D eigenvalue weighted by atomic mass is 10.1. The number of aliphatic hydroxyl groups is 1. The molecule has 0 spiro atoms. The molecule has 0 unspecified atom stereocenters. The van der Waals surface area contributed by atoms with Crippen molar-refractivity contribution < 1.29 is 33.8 Å². The number of benzene rings is 2. The Morgan fingerprint density at radius 2 is 1.14 bits per heavy atom. The van der Waals surface area contributed by atoms with Crippen LogP contribution in [0.3, 0.4) is 0 Å². The Balaban J connectivity index is 0.000000238. The van der Waals surface area contributed by atoms with Crippen LogP contribution in [0.25, 0.3) is 0 Å². The van der Waals surface area contributed by atoms with Crippen molar-refractivity contribution in [3.63, 3.8) is 0 Å². The van der Waals surface area contributed by atoms with Crippen LogP contribution in [0.1, 0.15) is 59.3 Å². The number of carbonyl (C=O) groups is 5. The molecule has 2 aliphatic rings. The Morgan fingerprint density at radius 1 is 0.721 bits per heavy atom. The van der Waals surface area contributed by atoms with Crippen LogP contribution in [0, 0.1) is 0 Å². The third-order valence-electron chi connectivity index (χ3n) is 7.06. The maximum Gasteiger partial charge on any atom is 0.331 e. The van der Waals surface area contributed by atoms with Crippen LogP contribution in [-0.4, -0.2) is 83.1 Å². The van der Waals surface area contributed by atoms with Crippen molar-refractivity contribution in [2.24, 2.45) is 0 Å². The number of amides is 6. The van der Waals surface area contributed by atoms with Crippen LogP contribution < -0.4 is 9.80 Å². The van der Waals surface area contributed by atoms with Gasteiger partial charge in [-0.3, -0.25) is 14.4 Å². The third-order valence-corrected chi connectivity index (χ3v) is 7.06. The Bertz CT molecular complexity index is 1240. The second kappa shape index (κ2) is 16.4. The number of esters is 1. The topological polar surface area (TPSA) is 128 Å². The second-order valence-electron chi connectivity index (χ2n) is 10.8. The lowest BCUT2D eigenvalue weighted by Crippen LogP contribution is -2.33. The number of unbranched alkanes of at least 4 members (excludes halogenated alkanes) is 2. The van der Waals surface area contributed by atoms with Crippen molar-refractivity contribution in [1.82, 2.24) is 9.80 Å². The fraction of sp³-hybridized carbons (Fsp3) is 0.469. The first-order valence-corrected chi connectivity index (χ1v) is 14.8. The number of para-hydroxylation sites is 2. The zero-order chi connectivity index (χ0) is 31.4. The summed E-state index contributed by atoms with van der Waals surface area (Å²) in [5, 5.41) is 9.19. The molecule has 232 valence electrons. The Labute approximate surface area is 253 Å². The summed E-state index contributed by atoms with van der Waals surface area (Å²) in [6, 6.07) is 17.4. The summed E-state index contributed by atoms with van der Waals surface area (Å²) in [7, 11) is 0. The summed E-state index contributed by atoms with van der Waals surface area (Å²) in [5.74, 6) is -0.664. The SMILES string of the molecule is CC(=O)O[C@H](C)CCCCN1CC(=O)N(c2ccccc2)C1=O.C[C@@H](O)CCCCN1CC(=O)N(c2ccccc2)C1=O. The predicted molar refractivity (Wildman–Crippen MR) is 162 cm³/mol. The molecule has 0 aliphatic carbocycles. The molecular formula is C32H42N4O7. The number of imide groups is 2. The van der Waals surface area contributed by atoms with E-state index >= 15 is 0 Å². The van der Waals surface area contributed by atoms with E-state index in [9.17, 15) is 29.1 Å². The molecule has 2 heterocycles. The number of anilines is 2. The molecule has 11 heteroatoms. The van der Waals surface area contributed by atoms with Gasteiger partial charge in [-0.25, -0.2) is 19.4 Å². The van der Waals surface area contributed by atoms with Gasteiger partial charge in [0, 0.05) is 20.0 Å². The van der Waals surface area contributed by atoms with E-state index in [2.05, 4.69) is 0 Å². The van der Waals surface area contributed by atoms with Gasteiger partial charge in [0.25, 0.3) is 11.8 Å². The molecule has 2 fully saturated rings. The minimum Gasteiger partial charge on any atom is -0.463 e. The number of nitrogens with zero attached hydrogens (tertiary/aromatic N) is 4. The van der Waals surface area contributed by atoms with E-state index in [1.165, 1.54) is 16.7 Å². The maximum absolute atomic E-state index is 12.4. The van der Waals surface area contributed by atoms with Gasteiger partial charge in [0.1, 0.15) is 13.1 Å². The van der Waals surface area contributed by atoms with E-state index in [4.69, 9.17) is 4.74 Å². The normalized spacial score (nSPS) is 16.4. The molecule has 43 heavy (non-hydrogen) atoms. The highest BCUT2D eigenvalue weighted by atomic mass is 16.5. The van der Waals surface area contributed by atoms with Crippen LogP contribution >= 0.6 is 0 Å². The van der Waals surface area contributed by atoms with Gasteiger partial charge in [0.15, 0.2) is 0 Å². The molecule has 1 N–H and O–H groups in total. The maximum atomic E-state index is 12.4. The summed E-state index contributed by atoms with van der Waals surface area (Å²) in [6.07, 6.45) is 4.28. The minimum absolute atomic E-state index is 0.118. The first-order chi connectivity index (χ1) is 20.6. The van der Waals surface area contributed by atoms with Crippen molar-refractivity contribution in [3.05, 3.63) is 60.7 Å². The number of rotatable bonds is 13.